The number of aromatic nitrogens is 1. The Labute approximate surface area is 85.5 Å². The molecular formula is C12H16N2. The fraction of sp³-hybridized carbons (Fsp3) is 0.417. The molecule has 0 bridgehead atoms. The highest BCUT2D eigenvalue weighted by Crippen LogP contribution is 1.96. The lowest BCUT2D eigenvalue weighted by Gasteiger charge is -1.91. The van der Waals surface area contributed by atoms with E-state index in [1.54, 1.807) is 12.4 Å². The van der Waals surface area contributed by atoms with Gasteiger partial charge in [0.1, 0.15) is 0 Å². The highest BCUT2D eigenvalue weighted by molar-refractivity contribution is 5.17. The highest BCUT2D eigenvalue weighted by Gasteiger charge is 1.85. The predicted molar refractivity (Wildman–Crippen MR) is 58.6 cm³/mol. The van der Waals surface area contributed by atoms with Crippen LogP contribution in [0.5, 0.6) is 0 Å². The third-order valence-electron chi connectivity index (χ3n) is 1.92. The summed E-state index contributed by atoms with van der Waals surface area (Å²) in [5.74, 6) is 6.28. The van der Waals surface area contributed by atoms with Crippen LogP contribution in [0.3, 0.4) is 0 Å². The van der Waals surface area contributed by atoms with E-state index in [0.717, 1.165) is 32.2 Å². The van der Waals surface area contributed by atoms with Crippen molar-refractivity contribution in [3.05, 3.63) is 30.1 Å². The molecule has 2 N–H and O–H groups in total. The fourth-order valence-electron chi connectivity index (χ4n) is 1.11. The molecule has 0 amide bonds. The van der Waals surface area contributed by atoms with Gasteiger partial charge in [-0.3, -0.25) is 4.98 Å². The minimum Gasteiger partial charge on any atom is -0.330 e. The molecule has 1 rings (SSSR count). The molecule has 0 spiro atoms. The maximum absolute atomic E-state index is 5.38. The Morgan fingerprint density at radius 1 is 1.14 bits per heavy atom. The number of pyridine rings is 1. The molecule has 1 aromatic heterocycles. The standard InChI is InChI=1S/C12H16N2/c13-9-5-3-1-2-4-6-12-7-10-14-11-8-12/h7-8,10-11H,1,3,5-6,9,13H2. The summed E-state index contributed by atoms with van der Waals surface area (Å²) in [6.45, 7) is 0.770. The van der Waals surface area contributed by atoms with Crippen molar-refractivity contribution in [3.63, 3.8) is 0 Å². The molecule has 2 heteroatoms. The fourth-order valence-corrected chi connectivity index (χ4v) is 1.11. The van der Waals surface area contributed by atoms with Gasteiger partial charge in [-0.25, -0.2) is 0 Å². The van der Waals surface area contributed by atoms with Crippen LogP contribution in [0.4, 0.5) is 0 Å². The zero-order chi connectivity index (χ0) is 10.1. The summed E-state index contributed by atoms with van der Waals surface area (Å²) in [5, 5.41) is 0. The minimum absolute atomic E-state index is 0.770. The largest absolute Gasteiger partial charge is 0.330 e. The van der Waals surface area contributed by atoms with Crippen molar-refractivity contribution >= 4 is 0 Å². The zero-order valence-corrected chi connectivity index (χ0v) is 8.37. The molecule has 0 unspecified atom stereocenters. The minimum atomic E-state index is 0.770. The quantitative estimate of drug-likeness (QED) is 0.577. The monoisotopic (exact) mass is 188 g/mol. The van der Waals surface area contributed by atoms with Crippen LogP contribution in [-0.4, -0.2) is 11.5 Å². The first-order chi connectivity index (χ1) is 6.93. The van der Waals surface area contributed by atoms with Crippen molar-refractivity contribution in [2.45, 2.75) is 25.7 Å². The lowest BCUT2D eigenvalue weighted by molar-refractivity contribution is 0.767. The summed E-state index contributed by atoms with van der Waals surface area (Å²) in [7, 11) is 0. The topological polar surface area (TPSA) is 38.9 Å². The lowest BCUT2D eigenvalue weighted by Crippen LogP contribution is -1.96. The maximum Gasteiger partial charge on any atom is 0.0341 e. The van der Waals surface area contributed by atoms with Gasteiger partial charge in [0.2, 0.25) is 0 Å². The van der Waals surface area contributed by atoms with E-state index >= 15 is 0 Å². The molecule has 0 atom stereocenters. The molecular weight excluding hydrogens is 172 g/mol. The Kier molecular flexibility index (Phi) is 5.46. The molecule has 14 heavy (non-hydrogen) atoms. The van der Waals surface area contributed by atoms with Gasteiger partial charge >= 0.3 is 0 Å². The Morgan fingerprint density at radius 2 is 1.93 bits per heavy atom. The molecule has 1 heterocycles. The van der Waals surface area contributed by atoms with Crippen LogP contribution in [-0.2, 0) is 6.42 Å². The van der Waals surface area contributed by atoms with Gasteiger partial charge in [-0.1, -0.05) is 5.92 Å². The van der Waals surface area contributed by atoms with Crippen LogP contribution in [0, 0.1) is 11.8 Å². The normalized spacial score (nSPS) is 9.21. The Bertz CT molecular complexity index is 295. The average Bonchev–Trinajstić information content (AvgIpc) is 2.25. The van der Waals surface area contributed by atoms with Gasteiger partial charge in [0.15, 0.2) is 0 Å². The van der Waals surface area contributed by atoms with Gasteiger partial charge in [0, 0.05) is 25.2 Å². The van der Waals surface area contributed by atoms with E-state index in [2.05, 4.69) is 16.8 Å². The second-order valence-corrected chi connectivity index (χ2v) is 3.13. The first kappa shape index (κ1) is 10.7. The lowest BCUT2D eigenvalue weighted by atomic mass is 10.2. The van der Waals surface area contributed by atoms with Crippen LogP contribution in [0.2, 0.25) is 0 Å². The Morgan fingerprint density at radius 3 is 2.64 bits per heavy atom. The molecule has 0 radical (unpaired) electrons. The van der Waals surface area contributed by atoms with Crippen LogP contribution >= 0.6 is 0 Å². The molecule has 2 nitrogen and oxygen atoms in total. The van der Waals surface area contributed by atoms with E-state index in [1.807, 2.05) is 12.1 Å². The number of unbranched alkanes of at least 4 members (excludes halogenated alkanes) is 2. The zero-order valence-electron chi connectivity index (χ0n) is 8.37. The van der Waals surface area contributed by atoms with E-state index in [-0.39, 0.29) is 0 Å². The van der Waals surface area contributed by atoms with E-state index in [9.17, 15) is 0 Å². The molecule has 0 aliphatic rings. The molecule has 0 fully saturated rings. The highest BCUT2D eigenvalue weighted by atomic mass is 14.6. The average molecular weight is 188 g/mol. The first-order valence-electron chi connectivity index (χ1n) is 4.98. The van der Waals surface area contributed by atoms with E-state index < -0.39 is 0 Å². The van der Waals surface area contributed by atoms with Gasteiger partial charge < -0.3 is 5.73 Å². The van der Waals surface area contributed by atoms with Crippen LogP contribution in [0.1, 0.15) is 24.8 Å². The summed E-state index contributed by atoms with van der Waals surface area (Å²) < 4.78 is 0. The van der Waals surface area contributed by atoms with Crippen molar-refractivity contribution in [1.82, 2.24) is 4.98 Å². The summed E-state index contributed by atoms with van der Waals surface area (Å²) >= 11 is 0. The molecule has 74 valence electrons. The van der Waals surface area contributed by atoms with Gasteiger partial charge in [0.25, 0.3) is 0 Å². The summed E-state index contributed by atoms with van der Waals surface area (Å²) in [5.41, 5.74) is 6.61. The van der Waals surface area contributed by atoms with Gasteiger partial charge in [-0.2, -0.15) is 0 Å². The van der Waals surface area contributed by atoms with Crippen molar-refractivity contribution in [3.8, 4) is 11.8 Å². The van der Waals surface area contributed by atoms with Crippen molar-refractivity contribution in [2.75, 3.05) is 6.54 Å². The van der Waals surface area contributed by atoms with Gasteiger partial charge in [-0.15, -0.1) is 5.92 Å². The summed E-state index contributed by atoms with van der Waals surface area (Å²) in [6.07, 6.45) is 7.56. The predicted octanol–water partition coefficient (Wildman–Crippen LogP) is 1.76. The number of nitrogens with zero attached hydrogens (tertiary/aromatic N) is 1. The third kappa shape index (κ3) is 4.64. The summed E-state index contributed by atoms with van der Waals surface area (Å²) in [4.78, 5) is 3.95. The van der Waals surface area contributed by atoms with Crippen molar-refractivity contribution in [2.24, 2.45) is 5.73 Å². The van der Waals surface area contributed by atoms with Crippen molar-refractivity contribution in [1.29, 1.82) is 0 Å². The van der Waals surface area contributed by atoms with Crippen LogP contribution in [0.25, 0.3) is 0 Å². The number of hydrogen-bond donors (Lipinski definition) is 1. The second-order valence-electron chi connectivity index (χ2n) is 3.13. The number of hydrogen-bond acceptors (Lipinski definition) is 2. The van der Waals surface area contributed by atoms with Crippen molar-refractivity contribution < 1.29 is 0 Å². The molecule has 0 aliphatic carbocycles. The Balaban J connectivity index is 2.20. The SMILES string of the molecule is NCCCCC#CCc1ccncc1. The van der Waals surface area contributed by atoms with Crippen LogP contribution in [0.15, 0.2) is 24.5 Å². The third-order valence-corrected chi connectivity index (χ3v) is 1.92. The first-order valence-corrected chi connectivity index (χ1v) is 4.98. The number of rotatable bonds is 4. The molecule has 1 aromatic rings. The van der Waals surface area contributed by atoms with Gasteiger partial charge in [-0.05, 0) is 37.1 Å². The second kappa shape index (κ2) is 7.11. The van der Waals surface area contributed by atoms with Crippen LogP contribution < -0.4 is 5.73 Å². The molecule has 0 saturated heterocycles. The Hall–Kier alpha value is -1.33. The van der Waals surface area contributed by atoms with E-state index in [1.165, 1.54) is 5.56 Å². The van der Waals surface area contributed by atoms with E-state index in [4.69, 9.17) is 5.73 Å². The van der Waals surface area contributed by atoms with E-state index in [0.29, 0.717) is 0 Å². The number of nitrogens with two attached hydrogens (primary N) is 1. The molecule has 0 aromatic carbocycles. The summed E-state index contributed by atoms with van der Waals surface area (Å²) in [6, 6.07) is 3.99. The molecule has 0 aliphatic heterocycles. The maximum atomic E-state index is 5.38. The van der Waals surface area contributed by atoms with Gasteiger partial charge in [0.05, 0.1) is 0 Å². The molecule has 0 saturated carbocycles. The smallest absolute Gasteiger partial charge is 0.0341 e.